The van der Waals surface area contributed by atoms with E-state index in [4.69, 9.17) is 0 Å². The lowest BCUT2D eigenvalue weighted by atomic mass is 9.90. The van der Waals surface area contributed by atoms with Gasteiger partial charge in [0.05, 0.1) is 0 Å². The molecule has 1 unspecified atom stereocenters. The van der Waals surface area contributed by atoms with Gasteiger partial charge in [0.15, 0.2) is 0 Å². The van der Waals surface area contributed by atoms with Crippen LogP contribution in [0.3, 0.4) is 0 Å². The second-order valence-electron chi connectivity index (χ2n) is 9.34. The van der Waals surface area contributed by atoms with Crippen LogP contribution in [0.4, 0.5) is 0 Å². The summed E-state index contributed by atoms with van der Waals surface area (Å²) in [5.74, 6) is 0.0477. The molecule has 1 fully saturated rings. The Morgan fingerprint density at radius 2 is 1.58 bits per heavy atom. The summed E-state index contributed by atoms with van der Waals surface area (Å²) < 4.78 is 0. The molecule has 2 heterocycles. The van der Waals surface area contributed by atoms with Crippen LogP contribution in [0, 0.1) is 5.92 Å². The van der Waals surface area contributed by atoms with Gasteiger partial charge >= 0.3 is 0 Å². The number of fused-ring (bicyclic) bond motifs is 1. The monoisotopic (exact) mass is 477 g/mol. The molecule has 4 aromatic rings. The van der Waals surface area contributed by atoms with E-state index >= 15 is 0 Å². The summed E-state index contributed by atoms with van der Waals surface area (Å²) in [6.45, 7) is 1.73. The fraction of sp³-hybridized carbons (Fsp3) is 0.226. The summed E-state index contributed by atoms with van der Waals surface area (Å²) in [5.41, 5.74) is 4.46. The number of carbonyl (C=O) groups is 2. The Kier molecular flexibility index (Phi) is 7.27. The summed E-state index contributed by atoms with van der Waals surface area (Å²) in [5, 5.41) is 4.40. The molecule has 0 spiro atoms. The van der Waals surface area contributed by atoms with Crippen LogP contribution in [0.2, 0.25) is 0 Å². The van der Waals surface area contributed by atoms with E-state index in [1.54, 1.807) is 6.08 Å². The first-order valence-corrected chi connectivity index (χ1v) is 12.6. The number of nitrogens with one attached hydrogen (secondary N) is 2. The largest absolute Gasteiger partial charge is 0.361 e. The van der Waals surface area contributed by atoms with Crippen LogP contribution in [0.15, 0.2) is 97.2 Å². The highest BCUT2D eigenvalue weighted by Gasteiger charge is 2.27. The lowest BCUT2D eigenvalue weighted by Crippen LogP contribution is -2.43. The number of aromatic amines is 1. The first-order chi connectivity index (χ1) is 17.7. The Morgan fingerprint density at radius 1 is 0.917 bits per heavy atom. The Balaban J connectivity index is 1.20. The first kappa shape index (κ1) is 23.6. The van der Waals surface area contributed by atoms with Crippen molar-refractivity contribution >= 4 is 28.8 Å². The smallest absolute Gasteiger partial charge is 0.246 e. The number of H-pyrrole nitrogens is 1. The van der Waals surface area contributed by atoms with Gasteiger partial charge in [-0.15, -0.1) is 0 Å². The number of likely N-dealkylation sites (tertiary alicyclic amines) is 1. The molecule has 2 amide bonds. The van der Waals surface area contributed by atoms with Crippen molar-refractivity contribution in [3.05, 3.63) is 114 Å². The molecule has 0 aliphatic carbocycles. The van der Waals surface area contributed by atoms with Crippen LogP contribution in [0.5, 0.6) is 0 Å². The summed E-state index contributed by atoms with van der Waals surface area (Å²) in [6, 6.07) is 28.4. The van der Waals surface area contributed by atoms with Crippen LogP contribution in [0.1, 0.15) is 35.4 Å². The predicted octanol–water partition coefficient (Wildman–Crippen LogP) is 5.37. The quantitative estimate of drug-likeness (QED) is 0.352. The van der Waals surface area contributed by atoms with Gasteiger partial charge in [0.1, 0.15) is 0 Å². The van der Waals surface area contributed by atoms with Crippen molar-refractivity contribution in [1.82, 2.24) is 15.2 Å². The molecule has 1 aliphatic heterocycles. The molecule has 1 aromatic heterocycles. The minimum absolute atomic E-state index is 0.00110. The Labute approximate surface area is 211 Å². The Bertz CT molecular complexity index is 1340. The molecule has 5 heteroatoms. The average Bonchev–Trinajstić information content (AvgIpc) is 3.37. The highest BCUT2D eigenvalue weighted by molar-refractivity contribution is 5.92. The molecule has 182 valence electrons. The van der Waals surface area contributed by atoms with Gasteiger partial charge in [-0.3, -0.25) is 9.59 Å². The van der Waals surface area contributed by atoms with E-state index in [0.29, 0.717) is 32.5 Å². The summed E-state index contributed by atoms with van der Waals surface area (Å²) in [4.78, 5) is 30.9. The molecule has 36 heavy (non-hydrogen) atoms. The number of benzene rings is 3. The second kappa shape index (κ2) is 11.1. The van der Waals surface area contributed by atoms with E-state index in [1.165, 1.54) is 16.5 Å². The highest BCUT2D eigenvalue weighted by atomic mass is 16.2. The number of amides is 2. The molecule has 1 saturated heterocycles. The molecule has 3 aromatic carbocycles. The van der Waals surface area contributed by atoms with Crippen molar-refractivity contribution < 1.29 is 9.59 Å². The van der Waals surface area contributed by atoms with Gasteiger partial charge in [-0.25, -0.2) is 0 Å². The SMILES string of the molecule is O=C(NCC(c1ccccc1)c1c[nH]c2ccccc12)C1CCN(C(=O)/C=C/c2ccccc2)CC1. The van der Waals surface area contributed by atoms with E-state index in [2.05, 4.69) is 40.8 Å². The van der Waals surface area contributed by atoms with Gasteiger partial charge in [-0.1, -0.05) is 78.9 Å². The summed E-state index contributed by atoms with van der Waals surface area (Å²) in [7, 11) is 0. The molecule has 5 nitrogen and oxygen atoms in total. The highest BCUT2D eigenvalue weighted by Crippen LogP contribution is 2.30. The van der Waals surface area contributed by atoms with Crippen molar-refractivity contribution in [2.45, 2.75) is 18.8 Å². The van der Waals surface area contributed by atoms with E-state index < -0.39 is 0 Å². The van der Waals surface area contributed by atoms with Gasteiger partial charge in [0.2, 0.25) is 11.8 Å². The van der Waals surface area contributed by atoms with Crippen LogP contribution in [-0.2, 0) is 9.59 Å². The number of nitrogens with zero attached hydrogens (tertiary/aromatic N) is 1. The molecule has 2 N–H and O–H groups in total. The Hall–Kier alpha value is -4.12. The third-order valence-electron chi connectivity index (χ3n) is 7.07. The normalized spacial score (nSPS) is 15.3. The van der Waals surface area contributed by atoms with Crippen LogP contribution in [0.25, 0.3) is 17.0 Å². The molecule has 0 radical (unpaired) electrons. The van der Waals surface area contributed by atoms with Crippen molar-refractivity contribution in [3.8, 4) is 0 Å². The number of hydrogen-bond acceptors (Lipinski definition) is 2. The van der Waals surface area contributed by atoms with E-state index in [-0.39, 0.29) is 23.7 Å². The van der Waals surface area contributed by atoms with Crippen LogP contribution in [-0.4, -0.2) is 41.3 Å². The molecular formula is C31H31N3O2. The van der Waals surface area contributed by atoms with Gasteiger partial charge in [0.25, 0.3) is 0 Å². The molecule has 1 aliphatic rings. The minimum Gasteiger partial charge on any atom is -0.361 e. The summed E-state index contributed by atoms with van der Waals surface area (Å²) >= 11 is 0. The predicted molar refractivity (Wildman–Crippen MR) is 144 cm³/mol. The number of carbonyl (C=O) groups excluding carboxylic acids is 2. The minimum atomic E-state index is -0.0773. The van der Waals surface area contributed by atoms with E-state index in [0.717, 1.165) is 11.1 Å². The van der Waals surface area contributed by atoms with Gasteiger partial charge < -0.3 is 15.2 Å². The number of piperidine rings is 1. The van der Waals surface area contributed by atoms with Crippen molar-refractivity contribution in [2.24, 2.45) is 5.92 Å². The second-order valence-corrected chi connectivity index (χ2v) is 9.34. The van der Waals surface area contributed by atoms with Crippen molar-refractivity contribution in [1.29, 1.82) is 0 Å². The number of rotatable bonds is 7. The zero-order valence-corrected chi connectivity index (χ0v) is 20.3. The third kappa shape index (κ3) is 5.41. The lowest BCUT2D eigenvalue weighted by molar-refractivity contribution is -0.132. The molecule has 0 bridgehead atoms. The average molecular weight is 478 g/mol. The number of aromatic nitrogens is 1. The molecule has 0 saturated carbocycles. The maximum Gasteiger partial charge on any atom is 0.246 e. The standard InChI is InChI=1S/C31H31N3O2/c35-30(16-15-23-9-3-1-4-10-23)34-19-17-25(18-20-34)31(36)33-21-27(24-11-5-2-6-12-24)28-22-32-29-14-8-7-13-26(28)29/h1-16,22,25,27,32H,17-21H2,(H,33,36)/b16-15+. The maximum atomic E-state index is 13.1. The Morgan fingerprint density at radius 3 is 2.33 bits per heavy atom. The summed E-state index contributed by atoms with van der Waals surface area (Å²) in [6.07, 6.45) is 6.89. The number of para-hydroxylation sites is 1. The van der Waals surface area contributed by atoms with E-state index in [1.807, 2.05) is 71.6 Å². The van der Waals surface area contributed by atoms with Crippen LogP contribution < -0.4 is 5.32 Å². The fourth-order valence-corrected chi connectivity index (χ4v) is 5.02. The maximum absolute atomic E-state index is 13.1. The number of hydrogen-bond donors (Lipinski definition) is 2. The van der Waals surface area contributed by atoms with Crippen molar-refractivity contribution in [2.75, 3.05) is 19.6 Å². The third-order valence-corrected chi connectivity index (χ3v) is 7.07. The van der Waals surface area contributed by atoms with Crippen molar-refractivity contribution in [3.63, 3.8) is 0 Å². The zero-order chi connectivity index (χ0) is 24.7. The molecule has 1 atom stereocenters. The van der Waals surface area contributed by atoms with Crippen LogP contribution >= 0.6 is 0 Å². The fourth-order valence-electron chi connectivity index (χ4n) is 5.02. The zero-order valence-electron chi connectivity index (χ0n) is 20.3. The van der Waals surface area contributed by atoms with E-state index in [9.17, 15) is 9.59 Å². The molecule has 5 rings (SSSR count). The van der Waals surface area contributed by atoms with Gasteiger partial charge in [-0.05, 0) is 41.7 Å². The van der Waals surface area contributed by atoms with Gasteiger partial charge in [-0.2, -0.15) is 0 Å². The molecular weight excluding hydrogens is 446 g/mol. The first-order valence-electron chi connectivity index (χ1n) is 12.6. The lowest BCUT2D eigenvalue weighted by Gasteiger charge is -2.31. The topological polar surface area (TPSA) is 65.2 Å². The van der Waals surface area contributed by atoms with Gasteiger partial charge in [0, 0.05) is 54.6 Å².